The maximum atomic E-state index is 5.66. The van der Waals surface area contributed by atoms with E-state index in [1.165, 1.54) is 12.8 Å². The van der Waals surface area contributed by atoms with E-state index in [2.05, 4.69) is 5.32 Å². The summed E-state index contributed by atoms with van der Waals surface area (Å²) in [7, 11) is 0. The fraction of sp³-hybridized carbons (Fsp3) is 1.00. The Morgan fingerprint density at radius 1 is 1.45 bits per heavy atom. The molecule has 3 unspecified atom stereocenters. The van der Waals surface area contributed by atoms with Gasteiger partial charge in [0.1, 0.15) is 0 Å². The van der Waals surface area contributed by atoms with E-state index in [0.29, 0.717) is 18.1 Å². The second-order valence-corrected chi connectivity index (χ2v) is 3.47. The highest BCUT2D eigenvalue weighted by Crippen LogP contribution is 2.29. The first kappa shape index (κ1) is 7.53. The Morgan fingerprint density at radius 2 is 2.36 bits per heavy atom. The van der Waals surface area contributed by atoms with Gasteiger partial charge in [0.15, 0.2) is 0 Å². The van der Waals surface area contributed by atoms with Crippen LogP contribution in [-0.2, 0) is 4.74 Å². The predicted octanol–water partition coefficient (Wildman–Crippen LogP) is -0.288. The predicted molar refractivity (Wildman–Crippen MR) is 43.3 cm³/mol. The molecule has 3 atom stereocenters. The molecule has 2 aliphatic rings. The summed E-state index contributed by atoms with van der Waals surface area (Å²) >= 11 is 0. The second-order valence-electron chi connectivity index (χ2n) is 3.47. The van der Waals surface area contributed by atoms with Gasteiger partial charge in [-0.15, -0.1) is 0 Å². The largest absolute Gasteiger partial charge is 0.375 e. The molecule has 0 spiro atoms. The fourth-order valence-electron chi connectivity index (χ4n) is 2.21. The van der Waals surface area contributed by atoms with Crippen molar-refractivity contribution in [2.24, 2.45) is 11.7 Å². The van der Waals surface area contributed by atoms with Gasteiger partial charge in [-0.05, 0) is 25.3 Å². The molecule has 11 heavy (non-hydrogen) atoms. The Morgan fingerprint density at radius 3 is 3.18 bits per heavy atom. The summed E-state index contributed by atoms with van der Waals surface area (Å²) in [5, 5.41) is 3.46. The first-order chi connectivity index (χ1) is 5.42. The van der Waals surface area contributed by atoms with Crippen molar-refractivity contribution < 1.29 is 4.74 Å². The minimum Gasteiger partial charge on any atom is -0.375 e. The normalized spacial score (nSPS) is 43.9. The third-order valence-electron chi connectivity index (χ3n) is 2.83. The molecular weight excluding hydrogens is 140 g/mol. The number of nitrogens with two attached hydrogens (primary N) is 1. The molecule has 2 fully saturated rings. The highest BCUT2D eigenvalue weighted by atomic mass is 16.5. The average molecular weight is 156 g/mol. The Kier molecular flexibility index (Phi) is 2.11. The maximum Gasteiger partial charge on any atom is 0.0768 e. The Balaban J connectivity index is 1.98. The molecule has 0 aromatic carbocycles. The number of ether oxygens (including phenoxy) is 1. The van der Waals surface area contributed by atoms with E-state index in [9.17, 15) is 0 Å². The van der Waals surface area contributed by atoms with Gasteiger partial charge in [-0.1, -0.05) is 0 Å². The van der Waals surface area contributed by atoms with Crippen LogP contribution in [0.5, 0.6) is 0 Å². The van der Waals surface area contributed by atoms with E-state index < -0.39 is 0 Å². The van der Waals surface area contributed by atoms with Crippen molar-refractivity contribution in [3.05, 3.63) is 0 Å². The molecule has 0 bridgehead atoms. The Bertz CT molecular complexity index is 134. The number of rotatable bonds is 1. The lowest BCUT2D eigenvalue weighted by Gasteiger charge is -2.30. The van der Waals surface area contributed by atoms with Crippen LogP contribution in [0.25, 0.3) is 0 Å². The summed E-state index contributed by atoms with van der Waals surface area (Å²) in [6, 6.07) is 0.595. The quantitative estimate of drug-likeness (QED) is 0.548. The SMILES string of the molecule is NCC1CCC2NCCOC12. The van der Waals surface area contributed by atoms with E-state index in [1.807, 2.05) is 0 Å². The third-order valence-corrected chi connectivity index (χ3v) is 2.83. The summed E-state index contributed by atoms with van der Waals surface area (Å²) in [6.45, 7) is 2.65. The van der Waals surface area contributed by atoms with Gasteiger partial charge in [0.05, 0.1) is 12.7 Å². The molecule has 1 saturated heterocycles. The zero-order valence-electron chi connectivity index (χ0n) is 6.75. The molecule has 3 N–H and O–H groups in total. The van der Waals surface area contributed by atoms with Gasteiger partial charge in [0.25, 0.3) is 0 Å². The van der Waals surface area contributed by atoms with E-state index in [4.69, 9.17) is 10.5 Å². The van der Waals surface area contributed by atoms with Crippen LogP contribution in [0.15, 0.2) is 0 Å². The zero-order chi connectivity index (χ0) is 7.68. The molecule has 0 radical (unpaired) electrons. The fourth-order valence-corrected chi connectivity index (χ4v) is 2.21. The standard InChI is InChI=1S/C8H16N2O/c9-5-6-1-2-7-8(6)11-4-3-10-7/h6-8,10H,1-5,9H2. The van der Waals surface area contributed by atoms with Crippen molar-refractivity contribution >= 4 is 0 Å². The van der Waals surface area contributed by atoms with Crippen LogP contribution in [0.3, 0.4) is 0 Å². The zero-order valence-corrected chi connectivity index (χ0v) is 6.75. The Labute approximate surface area is 67.3 Å². The molecule has 1 aliphatic carbocycles. The molecule has 3 nitrogen and oxygen atoms in total. The summed E-state index contributed by atoms with van der Waals surface area (Å²) < 4.78 is 5.66. The molecule has 1 saturated carbocycles. The van der Waals surface area contributed by atoms with Gasteiger partial charge < -0.3 is 15.8 Å². The van der Waals surface area contributed by atoms with Gasteiger partial charge >= 0.3 is 0 Å². The van der Waals surface area contributed by atoms with Crippen molar-refractivity contribution in [3.8, 4) is 0 Å². The lowest BCUT2D eigenvalue weighted by molar-refractivity contribution is -0.0123. The smallest absolute Gasteiger partial charge is 0.0768 e. The molecule has 0 aromatic rings. The molecule has 1 heterocycles. The monoisotopic (exact) mass is 156 g/mol. The molecule has 0 aromatic heterocycles. The highest BCUT2D eigenvalue weighted by Gasteiger charge is 2.37. The van der Waals surface area contributed by atoms with Gasteiger partial charge in [-0.2, -0.15) is 0 Å². The second kappa shape index (κ2) is 3.09. The lowest BCUT2D eigenvalue weighted by Crippen LogP contribution is -2.48. The molecule has 3 heteroatoms. The van der Waals surface area contributed by atoms with Crippen LogP contribution < -0.4 is 11.1 Å². The van der Waals surface area contributed by atoms with Crippen LogP contribution in [-0.4, -0.2) is 31.8 Å². The number of hydrogen-bond donors (Lipinski definition) is 2. The summed E-state index contributed by atoms with van der Waals surface area (Å²) in [5.41, 5.74) is 5.63. The van der Waals surface area contributed by atoms with E-state index in [-0.39, 0.29) is 0 Å². The van der Waals surface area contributed by atoms with Crippen LogP contribution in [0.4, 0.5) is 0 Å². The van der Waals surface area contributed by atoms with Crippen molar-refractivity contribution in [1.82, 2.24) is 5.32 Å². The van der Waals surface area contributed by atoms with Crippen molar-refractivity contribution in [1.29, 1.82) is 0 Å². The molecular formula is C8H16N2O. The first-order valence-corrected chi connectivity index (χ1v) is 4.47. The lowest BCUT2D eigenvalue weighted by atomic mass is 10.0. The highest BCUT2D eigenvalue weighted by molar-refractivity contribution is 4.92. The van der Waals surface area contributed by atoms with Gasteiger partial charge in [0, 0.05) is 12.6 Å². The van der Waals surface area contributed by atoms with Crippen LogP contribution in [0.2, 0.25) is 0 Å². The maximum absolute atomic E-state index is 5.66. The van der Waals surface area contributed by atoms with E-state index >= 15 is 0 Å². The summed E-state index contributed by atoms with van der Waals surface area (Å²) in [5.74, 6) is 0.604. The molecule has 1 aliphatic heterocycles. The van der Waals surface area contributed by atoms with Crippen LogP contribution >= 0.6 is 0 Å². The Hall–Kier alpha value is -0.120. The van der Waals surface area contributed by atoms with Crippen molar-refractivity contribution in [3.63, 3.8) is 0 Å². The van der Waals surface area contributed by atoms with E-state index in [0.717, 1.165) is 19.7 Å². The topological polar surface area (TPSA) is 47.3 Å². The van der Waals surface area contributed by atoms with Crippen molar-refractivity contribution in [2.45, 2.75) is 25.0 Å². The van der Waals surface area contributed by atoms with E-state index in [1.54, 1.807) is 0 Å². The molecule has 2 rings (SSSR count). The minimum absolute atomic E-state index is 0.411. The number of hydrogen-bond acceptors (Lipinski definition) is 3. The number of fused-ring (bicyclic) bond motifs is 1. The van der Waals surface area contributed by atoms with Gasteiger partial charge in [-0.3, -0.25) is 0 Å². The minimum atomic E-state index is 0.411. The summed E-state index contributed by atoms with van der Waals surface area (Å²) in [6.07, 6.45) is 2.89. The molecule has 0 amide bonds. The average Bonchev–Trinajstić information content (AvgIpc) is 2.47. The van der Waals surface area contributed by atoms with Crippen LogP contribution in [0.1, 0.15) is 12.8 Å². The first-order valence-electron chi connectivity index (χ1n) is 4.47. The third kappa shape index (κ3) is 1.28. The summed E-state index contributed by atoms with van der Waals surface area (Å²) in [4.78, 5) is 0. The van der Waals surface area contributed by atoms with Crippen molar-refractivity contribution in [2.75, 3.05) is 19.7 Å². The number of morpholine rings is 1. The van der Waals surface area contributed by atoms with Gasteiger partial charge in [0.2, 0.25) is 0 Å². The molecule has 64 valence electrons. The van der Waals surface area contributed by atoms with Crippen LogP contribution in [0, 0.1) is 5.92 Å². The number of nitrogens with one attached hydrogen (secondary N) is 1. The van der Waals surface area contributed by atoms with Gasteiger partial charge in [-0.25, -0.2) is 0 Å².